The molecule has 1 atom stereocenters. The van der Waals surface area contributed by atoms with E-state index in [1.807, 2.05) is 0 Å². The van der Waals surface area contributed by atoms with Gasteiger partial charge in [-0.3, -0.25) is 4.68 Å². The van der Waals surface area contributed by atoms with Gasteiger partial charge in [0.2, 0.25) is 0 Å². The van der Waals surface area contributed by atoms with Crippen molar-refractivity contribution in [2.24, 2.45) is 5.92 Å². The highest BCUT2D eigenvalue weighted by Crippen LogP contribution is 2.17. The average Bonchev–Trinajstić information content (AvgIpc) is 2.85. The molecule has 0 aromatic carbocycles. The van der Waals surface area contributed by atoms with Gasteiger partial charge in [-0.1, -0.05) is 40.5 Å². The number of hydrogen-bond acceptors (Lipinski definition) is 3. The summed E-state index contributed by atoms with van der Waals surface area (Å²) >= 11 is 0. The van der Waals surface area contributed by atoms with E-state index < -0.39 is 0 Å². The Balaban J connectivity index is 2.71. The zero-order valence-electron chi connectivity index (χ0n) is 13.0. The van der Waals surface area contributed by atoms with Gasteiger partial charge in [-0.2, -0.15) is 5.10 Å². The van der Waals surface area contributed by atoms with Gasteiger partial charge in [0, 0.05) is 19.0 Å². The molecule has 1 rings (SSSR count). The summed E-state index contributed by atoms with van der Waals surface area (Å²) in [6.07, 6.45) is 7.41. The molecule has 4 heteroatoms. The van der Waals surface area contributed by atoms with Crippen LogP contribution < -0.4 is 5.32 Å². The third kappa shape index (κ3) is 4.94. The van der Waals surface area contributed by atoms with E-state index in [2.05, 4.69) is 47.8 Å². The highest BCUT2D eigenvalue weighted by atomic mass is 15.3. The fourth-order valence-electron chi connectivity index (χ4n) is 2.63. The molecule has 1 N–H and O–H groups in total. The molecule has 0 aliphatic heterocycles. The molecule has 19 heavy (non-hydrogen) atoms. The maximum absolute atomic E-state index is 4.45. The van der Waals surface area contributed by atoms with Crippen LogP contribution in [0.2, 0.25) is 0 Å². The predicted octanol–water partition coefficient (Wildman–Crippen LogP) is 3.04. The van der Waals surface area contributed by atoms with E-state index in [1.165, 1.54) is 19.3 Å². The van der Waals surface area contributed by atoms with E-state index in [9.17, 15) is 0 Å². The van der Waals surface area contributed by atoms with Crippen LogP contribution in [0.4, 0.5) is 0 Å². The standard InChI is InChI=1S/C15H30N4/c1-5-9-16-14(13(7-3)8-4)11-15-17-12-18-19(15)10-6-2/h12-14,16H,5-11H2,1-4H3. The minimum atomic E-state index is 0.523. The third-order valence-corrected chi connectivity index (χ3v) is 3.81. The SMILES string of the molecule is CCCNC(Cc1ncnn1CCC)C(CC)CC. The molecular formula is C15H30N4. The van der Waals surface area contributed by atoms with Crippen LogP contribution in [-0.4, -0.2) is 27.4 Å². The van der Waals surface area contributed by atoms with Crippen molar-refractivity contribution in [2.45, 2.75) is 72.4 Å². The van der Waals surface area contributed by atoms with Crippen LogP contribution in [0.1, 0.15) is 59.2 Å². The fourth-order valence-corrected chi connectivity index (χ4v) is 2.63. The summed E-state index contributed by atoms with van der Waals surface area (Å²) in [5.74, 6) is 1.85. The Hall–Kier alpha value is -0.900. The van der Waals surface area contributed by atoms with Gasteiger partial charge in [0.15, 0.2) is 0 Å². The van der Waals surface area contributed by atoms with Gasteiger partial charge in [0.05, 0.1) is 0 Å². The highest BCUT2D eigenvalue weighted by molar-refractivity contribution is 4.92. The predicted molar refractivity (Wildman–Crippen MR) is 80.2 cm³/mol. The monoisotopic (exact) mass is 266 g/mol. The molecule has 0 saturated carbocycles. The van der Waals surface area contributed by atoms with Crippen molar-refractivity contribution in [2.75, 3.05) is 6.54 Å². The summed E-state index contributed by atoms with van der Waals surface area (Å²) in [5, 5.41) is 8.03. The molecule has 110 valence electrons. The van der Waals surface area contributed by atoms with E-state index in [0.29, 0.717) is 6.04 Å². The lowest BCUT2D eigenvalue weighted by Crippen LogP contribution is -2.39. The molecule has 1 aromatic heterocycles. The van der Waals surface area contributed by atoms with E-state index in [4.69, 9.17) is 0 Å². The zero-order chi connectivity index (χ0) is 14.1. The molecule has 0 aliphatic rings. The van der Waals surface area contributed by atoms with Gasteiger partial charge < -0.3 is 5.32 Å². The number of rotatable bonds is 10. The number of hydrogen-bond donors (Lipinski definition) is 1. The van der Waals surface area contributed by atoms with Crippen molar-refractivity contribution in [3.63, 3.8) is 0 Å². The van der Waals surface area contributed by atoms with Crippen LogP contribution >= 0.6 is 0 Å². The van der Waals surface area contributed by atoms with E-state index in [0.717, 1.165) is 37.7 Å². The van der Waals surface area contributed by atoms with Gasteiger partial charge >= 0.3 is 0 Å². The number of nitrogens with one attached hydrogen (secondary N) is 1. The first-order chi connectivity index (χ1) is 9.26. The molecule has 0 radical (unpaired) electrons. The van der Waals surface area contributed by atoms with Gasteiger partial charge in [0.25, 0.3) is 0 Å². The second-order valence-corrected chi connectivity index (χ2v) is 5.24. The maximum Gasteiger partial charge on any atom is 0.138 e. The molecule has 0 aliphatic carbocycles. The normalized spacial score (nSPS) is 13.1. The van der Waals surface area contributed by atoms with Crippen molar-refractivity contribution in [3.8, 4) is 0 Å². The topological polar surface area (TPSA) is 42.7 Å². The summed E-state index contributed by atoms with van der Waals surface area (Å²) in [6, 6.07) is 0.523. The maximum atomic E-state index is 4.45. The van der Waals surface area contributed by atoms with Gasteiger partial charge in [0.1, 0.15) is 12.2 Å². The number of aromatic nitrogens is 3. The Morgan fingerprint density at radius 3 is 2.47 bits per heavy atom. The summed E-state index contributed by atoms with van der Waals surface area (Å²) < 4.78 is 2.06. The molecule has 1 aromatic rings. The molecular weight excluding hydrogens is 236 g/mol. The van der Waals surface area contributed by atoms with Crippen molar-refractivity contribution in [1.82, 2.24) is 20.1 Å². The number of nitrogens with zero attached hydrogens (tertiary/aromatic N) is 3. The van der Waals surface area contributed by atoms with Crippen LogP contribution in [-0.2, 0) is 13.0 Å². The van der Waals surface area contributed by atoms with E-state index in [-0.39, 0.29) is 0 Å². The summed E-state index contributed by atoms with van der Waals surface area (Å²) in [7, 11) is 0. The van der Waals surface area contributed by atoms with Crippen LogP contribution in [0.15, 0.2) is 6.33 Å². The molecule has 4 nitrogen and oxygen atoms in total. The van der Waals surface area contributed by atoms with E-state index in [1.54, 1.807) is 6.33 Å². The Kier molecular flexibility index (Phi) is 7.72. The molecule has 0 saturated heterocycles. The largest absolute Gasteiger partial charge is 0.313 e. The van der Waals surface area contributed by atoms with Crippen molar-refractivity contribution >= 4 is 0 Å². The summed E-state index contributed by atoms with van der Waals surface area (Å²) in [4.78, 5) is 4.45. The van der Waals surface area contributed by atoms with Gasteiger partial charge in [-0.05, 0) is 25.3 Å². The molecule has 0 amide bonds. The summed E-state index contributed by atoms with van der Waals surface area (Å²) in [6.45, 7) is 11.0. The van der Waals surface area contributed by atoms with Crippen LogP contribution in [0.25, 0.3) is 0 Å². The Morgan fingerprint density at radius 2 is 1.89 bits per heavy atom. The fraction of sp³-hybridized carbons (Fsp3) is 0.867. The lowest BCUT2D eigenvalue weighted by Gasteiger charge is -2.26. The second-order valence-electron chi connectivity index (χ2n) is 5.24. The quantitative estimate of drug-likeness (QED) is 0.708. The lowest BCUT2D eigenvalue weighted by atomic mass is 9.91. The van der Waals surface area contributed by atoms with E-state index >= 15 is 0 Å². The van der Waals surface area contributed by atoms with Crippen LogP contribution in [0.3, 0.4) is 0 Å². The zero-order valence-corrected chi connectivity index (χ0v) is 13.0. The third-order valence-electron chi connectivity index (χ3n) is 3.81. The molecule has 0 spiro atoms. The van der Waals surface area contributed by atoms with Gasteiger partial charge in [-0.15, -0.1) is 0 Å². The first kappa shape index (κ1) is 16.2. The first-order valence-corrected chi connectivity index (χ1v) is 7.86. The smallest absolute Gasteiger partial charge is 0.138 e. The molecule has 1 heterocycles. The van der Waals surface area contributed by atoms with Gasteiger partial charge in [-0.25, -0.2) is 4.98 Å². The minimum Gasteiger partial charge on any atom is -0.313 e. The lowest BCUT2D eigenvalue weighted by molar-refractivity contribution is 0.323. The Morgan fingerprint density at radius 1 is 1.16 bits per heavy atom. The minimum absolute atomic E-state index is 0.523. The Bertz CT molecular complexity index is 331. The molecule has 1 unspecified atom stereocenters. The second kappa shape index (κ2) is 9.08. The first-order valence-electron chi connectivity index (χ1n) is 7.86. The molecule has 0 fully saturated rings. The number of aryl methyl sites for hydroxylation is 1. The van der Waals surface area contributed by atoms with Crippen LogP contribution in [0, 0.1) is 5.92 Å². The Labute approximate surface area is 118 Å². The summed E-state index contributed by atoms with van der Waals surface area (Å²) in [5.41, 5.74) is 0. The van der Waals surface area contributed by atoms with Crippen molar-refractivity contribution in [1.29, 1.82) is 0 Å². The van der Waals surface area contributed by atoms with Crippen LogP contribution in [0.5, 0.6) is 0 Å². The molecule has 0 bridgehead atoms. The highest BCUT2D eigenvalue weighted by Gasteiger charge is 2.20. The van der Waals surface area contributed by atoms with Crippen molar-refractivity contribution in [3.05, 3.63) is 12.2 Å². The van der Waals surface area contributed by atoms with Crippen molar-refractivity contribution < 1.29 is 0 Å². The average molecular weight is 266 g/mol.